The fourth-order valence-electron chi connectivity index (χ4n) is 4.84. The van der Waals surface area contributed by atoms with Crippen LogP contribution in [-0.2, 0) is 6.42 Å². The SMILES string of the molecule is Cc1ccc(Oc2ccc(Cc3nsc(N4CCCN(C(=O)c5ccccc5-c5cccs5)CC4)n3)cc2)cc1. The number of hydrogen-bond donors (Lipinski definition) is 0. The van der Waals surface area contributed by atoms with Gasteiger partial charge in [0.15, 0.2) is 0 Å². The molecule has 3 heterocycles. The van der Waals surface area contributed by atoms with Gasteiger partial charge in [-0.3, -0.25) is 4.79 Å². The fourth-order valence-corrected chi connectivity index (χ4v) is 6.35. The summed E-state index contributed by atoms with van der Waals surface area (Å²) in [4.78, 5) is 23.7. The van der Waals surface area contributed by atoms with E-state index in [9.17, 15) is 4.79 Å². The number of amides is 1. The molecule has 0 saturated carbocycles. The van der Waals surface area contributed by atoms with Crippen LogP contribution in [0.4, 0.5) is 5.13 Å². The molecule has 0 radical (unpaired) electrons. The van der Waals surface area contributed by atoms with Gasteiger partial charge < -0.3 is 14.5 Å². The first kappa shape index (κ1) is 26.2. The van der Waals surface area contributed by atoms with Gasteiger partial charge in [-0.05, 0) is 60.7 Å². The van der Waals surface area contributed by atoms with Crippen LogP contribution in [0.25, 0.3) is 10.4 Å². The normalized spacial score (nSPS) is 13.7. The molecule has 0 spiro atoms. The molecule has 6 rings (SSSR count). The van der Waals surface area contributed by atoms with Crippen molar-refractivity contribution in [3.8, 4) is 21.9 Å². The van der Waals surface area contributed by atoms with Crippen LogP contribution in [0.2, 0.25) is 0 Å². The maximum atomic E-state index is 13.5. The number of carbonyl (C=O) groups excluding carboxylic acids is 1. The first-order chi connectivity index (χ1) is 19.6. The van der Waals surface area contributed by atoms with E-state index in [4.69, 9.17) is 9.72 Å². The molecule has 0 bridgehead atoms. The zero-order valence-corrected chi connectivity index (χ0v) is 24.0. The van der Waals surface area contributed by atoms with Gasteiger partial charge in [0.25, 0.3) is 5.91 Å². The molecular weight excluding hydrogens is 537 g/mol. The Morgan fingerprint density at radius 3 is 2.42 bits per heavy atom. The molecule has 6 nitrogen and oxygen atoms in total. The fraction of sp³-hybridized carbons (Fsp3) is 0.219. The third-order valence-corrected chi connectivity index (χ3v) is 8.72. The Hall–Kier alpha value is -4.01. The molecule has 2 aromatic heterocycles. The van der Waals surface area contributed by atoms with Crippen molar-refractivity contribution >= 4 is 33.9 Å². The molecule has 1 aliphatic heterocycles. The summed E-state index contributed by atoms with van der Waals surface area (Å²) in [5.74, 6) is 2.54. The number of nitrogens with zero attached hydrogens (tertiary/aromatic N) is 4. The van der Waals surface area contributed by atoms with E-state index in [-0.39, 0.29) is 5.91 Å². The minimum atomic E-state index is 0.0959. The van der Waals surface area contributed by atoms with E-state index < -0.39 is 0 Å². The van der Waals surface area contributed by atoms with E-state index in [1.807, 2.05) is 77.0 Å². The second-order valence-electron chi connectivity index (χ2n) is 9.88. The number of thiophene rings is 1. The third kappa shape index (κ3) is 6.08. The number of aryl methyl sites for hydroxylation is 1. The van der Waals surface area contributed by atoms with Crippen LogP contribution in [0, 0.1) is 6.92 Å². The minimum absolute atomic E-state index is 0.0959. The van der Waals surface area contributed by atoms with E-state index >= 15 is 0 Å². The summed E-state index contributed by atoms with van der Waals surface area (Å²) in [6.45, 7) is 5.06. The van der Waals surface area contributed by atoms with Crippen LogP contribution in [0.5, 0.6) is 11.5 Å². The minimum Gasteiger partial charge on any atom is -0.457 e. The Kier molecular flexibility index (Phi) is 7.88. The Balaban J connectivity index is 1.07. The van der Waals surface area contributed by atoms with Gasteiger partial charge in [0, 0.05) is 60.1 Å². The molecule has 202 valence electrons. The molecule has 0 N–H and O–H groups in total. The van der Waals surface area contributed by atoms with Crippen LogP contribution in [-0.4, -0.2) is 46.3 Å². The van der Waals surface area contributed by atoms with Gasteiger partial charge in [0.1, 0.15) is 17.3 Å². The number of carbonyl (C=O) groups is 1. The van der Waals surface area contributed by atoms with Gasteiger partial charge in [-0.15, -0.1) is 11.3 Å². The summed E-state index contributed by atoms with van der Waals surface area (Å²) in [5, 5.41) is 2.97. The summed E-state index contributed by atoms with van der Waals surface area (Å²) in [7, 11) is 0. The van der Waals surface area contributed by atoms with Crippen molar-refractivity contribution in [1.82, 2.24) is 14.3 Å². The maximum absolute atomic E-state index is 13.5. The second-order valence-corrected chi connectivity index (χ2v) is 11.6. The van der Waals surface area contributed by atoms with Crippen LogP contribution >= 0.6 is 22.9 Å². The highest BCUT2D eigenvalue weighted by Gasteiger charge is 2.24. The highest BCUT2D eigenvalue weighted by atomic mass is 32.1. The van der Waals surface area contributed by atoms with Crippen molar-refractivity contribution < 1.29 is 9.53 Å². The average Bonchev–Trinajstić information content (AvgIpc) is 3.63. The zero-order valence-electron chi connectivity index (χ0n) is 22.3. The Labute approximate surface area is 242 Å². The number of rotatable bonds is 7. The predicted molar refractivity (Wildman–Crippen MR) is 163 cm³/mol. The highest BCUT2D eigenvalue weighted by molar-refractivity contribution is 7.13. The first-order valence-corrected chi connectivity index (χ1v) is 15.1. The lowest BCUT2D eigenvalue weighted by Gasteiger charge is -2.22. The molecule has 5 aromatic rings. The summed E-state index contributed by atoms with van der Waals surface area (Å²) in [6, 6.07) is 28.2. The van der Waals surface area contributed by atoms with Gasteiger partial charge in [0.2, 0.25) is 5.13 Å². The molecule has 0 unspecified atom stereocenters. The predicted octanol–water partition coefficient (Wildman–Crippen LogP) is 7.31. The summed E-state index contributed by atoms with van der Waals surface area (Å²) >= 11 is 3.10. The van der Waals surface area contributed by atoms with Crippen molar-refractivity contribution in [3.63, 3.8) is 0 Å². The van der Waals surface area contributed by atoms with Gasteiger partial charge in [0.05, 0.1) is 0 Å². The van der Waals surface area contributed by atoms with E-state index in [0.717, 1.165) is 70.1 Å². The average molecular weight is 567 g/mol. The number of aromatic nitrogens is 2. The highest BCUT2D eigenvalue weighted by Crippen LogP contribution is 2.29. The smallest absolute Gasteiger partial charge is 0.254 e. The summed E-state index contributed by atoms with van der Waals surface area (Å²) < 4.78 is 10.6. The van der Waals surface area contributed by atoms with E-state index in [1.165, 1.54) is 17.1 Å². The van der Waals surface area contributed by atoms with Crippen molar-refractivity contribution in [2.75, 3.05) is 31.1 Å². The lowest BCUT2D eigenvalue weighted by molar-refractivity contribution is 0.0768. The summed E-state index contributed by atoms with van der Waals surface area (Å²) in [6.07, 6.45) is 1.56. The number of hydrogen-bond acceptors (Lipinski definition) is 7. The Morgan fingerprint density at radius 1 is 0.875 bits per heavy atom. The largest absolute Gasteiger partial charge is 0.457 e. The molecule has 1 fully saturated rings. The molecule has 1 saturated heterocycles. The summed E-state index contributed by atoms with van der Waals surface area (Å²) in [5.41, 5.74) is 4.12. The van der Waals surface area contributed by atoms with Crippen LogP contribution < -0.4 is 9.64 Å². The standard InChI is InChI=1S/C32H30N4O2S2/c1-23-9-13-25(14-10-23)38-26-15-11-24(12-16-26)22-30-33-32(40-34-30)36-18-5-17-35(19-20-36)31(37)28-7-3-2-6-27(28)29-8-4-21-39-29/h2-4,6-16,21H,5,17-20,22H2,1H3. The molecule has 0 atom stereocenters. The zero-order chi connectivity index (χ0) is 27.3. The molecule has 8 heteroatoms. The van der Waals surface area contributed by atoms with Crippen LogP contribution in [0.15, 0.2) is 90.3 Å². The van der Waals surface area contributed by atoms with Crippen molar-refractivity contribution in [3.05, 3.63) is 113 Å². The van der Waals surface area contributed by atoms with E-state index in [0.29, 0.717) is 13.0 Å². The van der Waals surface area contributed by atoms with Crippen molar-refractivity contribution in [1.29, 1.82) is 0 Å². The van der Waals surface area contributed by atoms with Gasteiger partial charge in [-0.1, -0.05) is 54.1 Å². The maximum Gasteiger partial charge on any atom is 0.254 e. The monoisotopic (exact) mass is 566 g/mol. The molecule has 1 amide bonds. The first-order valence-electron chi connectivity index (χ1n) is 13.5. The van der Waals surface area contributed by atoms with Crippen LogP contribution in [0.3, 0.4) is 0 Å². The second kappa shape index (κ2) is 12.0. The molecule has 1 aliphatic rings. The van der Waals surface area contributed by atoms with Gasteiger partial charge >= 0.3 is 0 Å². The topological polar surface area (TPSA) is 58.6 Å². The van der Waals surface area contributed by atoms with E-state index in [1.54, 1.807) is 11.3 Å². The third-order valence-electron chi connectivity index (χ3n) is 7.00. The lowest BCUT2D eigenvalue weighted by atomic mass is 10.0. The van der Waals surface area contributed by atoms with Crippen molar-refractivity contribution in [2.24, 2.45) is 0 Å². The Bertz CT molecular complexity index is 1560. The van der Waals surface area contributed by atoms with Crippen LogP contribution in [0.1, 0.15) is 33.7 Å². The molecular formula is C32H30N4O2S2. The quantitative estimate of drug-likeness (QED) is 0.207. The van der Waals surface area contributed by atoms with Crippen molar-refractivity contribution in [2.45, 2.75) is 19.8 Å². The number of ether oxygens (including phenoxy) is 1. The van der Waals surface area contributed by atoms with Gasteiger partial charge in [-0.2, -0.15) is 4.37 Å². The van der Waals surface area contributed by atoms with Gasteiger partial charge in [-0.25, -0.2) is 4.98 Å². The number of benzene rings is 3. The number of anilines is 1. The molecule has 0 aliphatic carbocycles. The molecule has 40 heavy (non-hydrogen) atoms. The molecule has 3 aromatic carbocycles. The van der Waals surface area contributed by atoms with E-state index in [2.05, 4.69) is 34.4 Å². The lowest BCUT2D eigenvalue weighted by Crippen LogP contribution is -2.35. The Morgan fingerprint density at radius 2 is 1.65 bits per heavy atom.